The van der Waals surface area contributed by atoms with E-state index in [2.05, 4.69) is 10.6 Å². The quantitative estimate of drug-likeness (QED) is 0.291. The smallest absolute Gasteiger partial charge is 0.242 e. The van der Waals surface area contributed by atoms with Gasteiger partial charge < -0.3 is 16.4 Å². The van der Waals surface area contributed by atoms with Crippen molar-refractivity contribution < 1.29 is 26.4 Å². The number of carbonyl (C=O) groups is 1. The fourth-order valence-corrected chi connectivity index (χ4v) is 8.29. The Labute approximate surface area is 250 Å². The lowest BCUT2D eigenvalue weighted by Gasteiger charge is -2.40. The predicted molar refractivity (Wildman–Crippen MR) is 160 cm³/mol. The molecular weight excluding hydrogens is 577 g/mol. The molecule has 2 aliphatic rings. The van der Waals surface area contributed by atoms with E-state index in [1.54, 1.807) is 22.5 Å². The highest BCUT2D eigenvalue weighted by Crippen LogP contribution is 2.35. The lowest BCUT2D eigenvalue weighted by atomic mass is 9.84. The Hall–Kier alpha value is -3.25. The number of rotatable bonds is 11. The number of carbonyl (C=O) groups excluding carboxylic acids is 1. The molecule has 1 saturated heterocycles. The second-order valence-electron chi connectivity index (χ2n) is 11.5. The monoisotopic (exact) mass is 614 g/mol. The topological polar surface area (TPSA) is 105 Å². The van der Waals surface area contributed by atoms with Crippen LogP contribution in [0.3, 0.4) is 0 Å². The molecule has 0 aromatic heterocycles. The Morgan fingerprint density at radius 3 is 2.23 bits per heavy atom. The number of anilines is 1. The molecule has 1 aliphatic heterocycles. The molecule has 3 aromatic rings. The van der Waals surface area contributed by atoms with Crippen LogP contribution in [0.2, 0.25) is 0 Å². The molecule has 1 aliphatic carbocycles. The summed E-state index contributed by atoms with van der Waals surface area (Å²) in [5, 5.41) is 5.74. The van der Waals surface area contributed by atoms with E-state index in [0.717, 1.165) is 0 Å². The number of piperazine rings is 1. The van der Waals surface area contributed by atoms with Crippen molar-refractivity contribution in [2.75, 3.05) is 18.4 Å². The van der Waals surface area contributed by atoms with Gasteiger partial charge in [0.15, 0.2) is 0 Å². The van der Waals surface area contributed by atoms with Crippen LogP contribution in [-0.2, 0) is 21.2 Å². The summed E-state index contributed by atoms with van der Waals surface area (Å²) < 4.78 is 71.3. The molecule has 1 heterocycles. The summed E-state index contributed by atoms with van der Waals surface area (Å²) in [5.41, 5.74) is 7.76. The van der Waals surface area contributed by atoms with Gasteiger partial charge in [0, 0.05) is 42.3 Å². The SMILES string of the molecule is C[C@H]1CNC[C@H](CCCc2c(F)cccc2NC(=O)[C@@H](N)C(c2cccc(F)c2)c2cccc(F)c2)N1S(=O)(=O)C1CC1. The number of amides is 1. The van der Waals surface area contributed by atoms with Gasteiger partial charge in [-0.3, -0.25) is 4.79 Å². The average Bonchev–Trinajstić information content (AvgIpc) is 3.81. The van der Waals surface area contributed by atoms with Crippen molar-refractivity contribution in [1.29, 1.82) is 0 Å². The van der Waals surface area contributed by atoms with Gasteiger partial charge in [0.25, 0.3) is 0 Å². The molecule has 7 nitrogen and oxygen atoms in total. The first-order valence-corrected chi connectivity index (χ1v) is 16.1. The third-order valence-electron chi connectivity index (χ3n) is 8.27. The Kier molecular flexibility index (Phi) is 9.55. The molecular formula is C32H37F3N4O3S. The lowest BCUT2D eigenvalue weighted by molar-refractivity contribution is -0.117. The van der Waals surface area contributed by atoms with Crippen molar-refractivity contribution in [3.8, 4) is 0 Å². The molecule has 0 radical (unpaired) electrons. The van der Waals surface area contributed by atoms with E-state index in [9.17, 15) is 22.0 Å². The van der Waals surface area contributed by atoms with Crippen LogP contribution in [0.25, 0.3) is 0 Å². The highest BCUT2D eigenvalue weighted by atomic mass is 32.2. The number of nitrogens with two attached hydrogens (primary N) is 1. The van der Waals surface area contributed by atoms with Crippen molar-refractivity contribution in [2.45, 2.75) is 68.3 Å². The number of nitrogens with one attached hydrogen (secondary N) is 2. The Balaban J connectivity index is 1.32. The maximum atomic E-state index is 15.1. The molecule has 0 unspecified atom stereocenters. The normalized spacial score (nSPS) is 20.2. The molecule has 0 spiro atoms. The summed E-state index contributed by atoms with van der Waals surface area (Å²) in [6.07, 6.45) is 2.64. The fourth-order valence-electron chi connectivity index (χ4n) is 6.04. The molecule has 3 aromatic carbocycles. The summed E-state index contributed by atoms with van der Waals surface area (Å²) in [7, 11) is -3.38. The maximum absolute atomic E-state index is 15.1. The lowest BCUT2D eigenvalue weighted by Crippen LogP contribution is -2.58. The number of hydrogen-bond acceptors (Lipinski definition) is 5. The van der Waals surface area contributed by atoms with E-state index in [-0.39, 0.29) is 35.0 Å². The summed E-state index contributed by atoms with van der Waals surface area (Å²) in [6, 6.07) is 14.0. The second kappa shape index (κ2) is 13.2. The van der Waals surface area contributed by atoms with E-state index >= 15 is 4.39 Å². The first-order chi connectivity index (χ1) is 20.6. The van der Waals surface area contributed by atoms with Crippen molar-refractivity contribution in [3.05, 3.63) is 101 Å². The van der Waals surface area contributed by atoms with Gasteiger partial charge >= 0.3 is 0 Å². The molecule has 230 valence electrons. The molecule has 43 heavy (non-hydrogen) atoms. The van der Waals surface area contributed by atoms with Gasteiger partial charge in [-0.2, -0.15) is 4.31 Å². The van der Waals surface area contributed by atoms with Crippen LogP contribution in [0.4, 0.5) is 18.9 Å². The van der Waals surface area contributed by atoms with Crippen molar-refractivity contribution in [3.63, 3.8) is 0 Å². The van der Waals surface area contributed by atoms with Crippen molar-refractivity contribution >= 4 is 21.6 Å². The molecule has 2 fully saturated rings. The molecule has 4 N–H and O–H groups in total. The van der Waals surface area contributed by atoms with Gasteiger partial charge in [-0.15, -0.1) is 0 Å². The average molecular weight is 615 g/mol. The molecule has 5 rings (SSSR count). The van der Waals surface area contributed by atoms with Crippen molar-refractivity contribution in [2.24, 2.45) is 5.73 Å². The van der Waals surface area contributed by atoms with Gasteiger partial charge in [0.05, 0.1) is 11.3 Å². The molecule has 11 heteroatoms. The van der Waals surface area contributed by atoms with Crippen LogP contribution in [0.15, 0.2) is 66.7 Å². The second-order valence-corrected chi connectivity index (χ2v) is 13.6. The zero-order chi connectivity index (χ0) is 30.7. The first-order valence-electron chi connectivity index (χ1n) is 14.6. The largest absolute Gasteiger partial charge is 0.324 e. The highest BCUT2D eigenvalue weighted by molar-refractivity contribution is 7.90. The van der Waals surface area contributed by atoms with E-state index in [1.165, 1.54) is 48.5 Å². The van der Waals surface area contributed by atoms with Crippen LogP contribution in [-0.4, -0.2) is 55.1 Å². The summed E-state index contributed by atoms with van der Waals surface area (Å²) >= 11 is 0. The molecule has 0 bridgehead atoms. The van der Waals surface area contributed by atoms with E-state index in [4.69, 9.17) is 5.73 Å². The van der Waals surface area contributed by atoms with Gasteiger partial charge in [-0.1, -0.05) is 30.3 Å². The first kappa shape index (κ1) is 31.2. The van der Waals surface area contributed by atoms with Gasteiger partial charge in [0.1, 0.15) is 17.5 Å². The minimum absolute atomic E-state index is 0.168. The minimum atomic E-state index is -3.38. The van der Waals surface area contributed by atoms with Crippen LogP contribution < -0.4 is 16.4 Å². The number of benzene rings is 3. The standard InChI is InChI=1S/C32H37F3N4O3S/c1-20-18-37-19-25(39(20)43(41,42)26-14-15-26)10-4-11-27-28(35)12-5-13-29(27)38-32(40)31(36)30(21-6-2-8-23(33)16-21)22-7-3-9-24(34)17-22/h2-3,5-9,12-13,16-17,20,25-26,30-31,37H,4,10-11,14-15,18-19,36H2,1H3,(H,38,40)/t20-,25-,31-/m0/s1. The Bertz CT molecular complexity index is 1520. The zero-order valence-electron chi connectivity index (χ0n) is 24.0. The van der Waals surface area contributed by atoms with Crippen LogP contribution in [0.5, 0.6) is 0 Å². The van der Waals surface area contributed by atoms with E-state index in [1.807, 2.05) is 6.92 Å². The maximum Gasteiger partial charge on any atom is 0.242 e. The van der Waals surface area contributed by atoms with E-state index in [0.29, 0.717) is 49.9 Å². The number of sulfonamides is 1. The Morgan fingerprint density at radius 2 is 1.63 bits per heavy atom. The van der Waals surface area contributed by atoms with Crippen LogP contribution in [0, 0.1) is 17.5 Å². The van der Waals surface area contributed by atoms with Gasteiger partial charge in [-0.25, -0.2) is 21.6 Å². The van der Waals surface area contributed by atoms with Crippen LogP contribution in [0.1, 0.15) is 55.2 Å². The van der Waals surface area contributed by atoms with Gasteiger partial charge in [0.2, 0.25) is 15.9 Å². The number of hydrogen-bond donors (Lipinski definition) is 3. The number of nitrogens with zero attached hydrogens (tertiary/aromatic N) is 1. The third-order valence-corrected chi connectivity index (χ3v) is 10.8. The molecule has 1 amide bonds. The third kappa shape index (κ3) is 7.12. The summed E-state index contributed by atoms with van der Waals surface area (Å²) in [4.78, 5) is 13.5. The minimum Gasteiger partial charge on any atom is -0.324 e. The Morgan fingerprint density at radius 1 is 1.00 bits per heavy atom. The number of halogens is 3. The van der Waals surface area contributed by atoms with Crippen molar-refractivity contribution in [1.82, 2.24) is 9.62 Å². The molecule has 1 saturated carbocycles. The fraction of sp³-hybridized carbons (Fsp3) is 0.406. The molecule has 3 atom stereocenters. The zero-order valence-corrected chi connectivity index (χ0v) is 24.8. The summed E-state index contributed by atoms with van der Waals surface area (Å²) in [5.74, 6) is -3.06. The summed E-state index contributed by atoms with van der Waals surface area (Å²) in [6.45, 7) is 3.00. The highest BCUT2D eigenvalue weighted by Gasteiger charge is 2.45. The van der Waals surface area contributed by atoms with E-state index < -0.39 is 45.3 Å². The van der Waals surface area contributed by atoms with Crippen LogP contribution >= 0.6 is 0 Å². The van der Waals surface area contributed by atoms with Gasteiger partial charge in [-0.05, 0) is 86.6 Å². The predicted octanol–water partition coefficient (Wildman–Crippen LogP) is 4.68.